The van der Waals surface area contributed by atoms with Gasteiger partial charge >= 0.3 is 0 Å². The van der Waals surface area contributed by atoms with Gasteiger partial charge in [-0.25, -0.2) is 0 Å². The van der Waals surface area contributed by atoms with E-state index in [9.17, 15) is 0 Å². The van der Waals surface area contributed by atoms with E-state index < -0.39 is 0 Å². The average molecular weight is 182 g/mol. The SMILES string of the molecule is CO[C@@H]1C[C@@H](OC)[C@H]2C=C[C@@H]1CC2. The summed E-state index contributed by atoms with van der Waals surface area (Å²) in [6, 6.07) is 0. The van der Waals surface area contributed by atoms with Gasteiger partial charge in [0.2, 0.25) is 0 Å². The molecule has 1 fully saturated rings. The number of hydrogen-bond acceptors (Lipinski definition) is 2. The average Bonchev–Trinajstić information content (AvgIpc) is 2.46. The third-order valence-corrected chi connectivity index (χ3v) is 3.46. The summed E-state index contributed by atoms with van der Waals surface area (Å²) in [6.07, 6.45) is 8.96. The van der Waals surface area contributed by atoms with E-state index in [1.165, 1.54) is 12.8 Å². The van der Waals surface area contributed by atoms with Crippen LogP contribution in [0.5, 0.6) is 0 Å². The van der Waals surface area contributed by atoms with Gasteiger partial charge in [-0.2, -0.15) is 0 Å². The molecule has 0 unspecified atom stereocenters. The molecule has 13 heavy (non-hydrogen) atoms. The van der Waals surface area contributed by atoms with Crippen molar-refractivity contribution in [1.29, 1.82) is 0 Å². The molecule has 0 saturated heterocycles. The Morgan fingerprint density at radius 1 is 0.923 bits per heavy atom. The molecule has 0 heterocycles. The Labute approximate surface area is 79.9 Å². The standard InChI is InChI=1S/C11H18O2/c1-12-10-7-11(13-2)9-5-3-8(10)4-6-9/h3,5,8-11H,4,6-7H2,1-2H3/t8-,9+,10-,11-/m1/s1. The normalized spacial score (nSPS) is 43.5. The van der Waals surface area contributed by atoms with Crippen molar-refractivity contribution in [2.75, 3.05) is 14.2 Å². The summed E-state index contributed by atoms with van der Waals surface area (Å²) in [6.45, 7) is 0. The number of hydrogen-bond donors (Lipinski definition) is 0. The van der Waals surface area contributed by atoms with Crippen molar-refractivity contribution >= 4 is 0 Å². The van der Waals surface area contributed by atoms with Crippen LogP contribution >= 0.6 is 0 Å². The first kappa shape index (κ1) is 9.22. The zero-order valence-corrected chi connectivity index (χ0v) is 8.40. The molecule has 0 N–H and O–H groups in total. The van der Waals surface area contributed by atoms with Crippen LogP contribution in [-0.2, 0) is 9.47 Å². The molecule has 4 atom stereocenters. The van der Waals surface area contributed by atoms with Gasteiger partial charge in [0.25, 0.3) is 0 Å². The lowest BCUT2D eigenvalue weighted by atomic mass is 9.89. The molecule has 2 heteroatoms. The smallest absolute Gasteiger partial charge is 0.0658 e. The van der Waals surface area contributed by atoms with Crippen LogP contribution in [0.2, 0.25) is 0 Å². The second kappa shape index (κ2) is 3.81. The fourth-order valence-electron chi connectivity index (χ4n) is 2.60. The first-order valence-electron chi connectivity index (χ1n) is 5.09. The van der Waals surface area contributed by atoms with Gasteiger partial charge in [0, 0.05) is 32.5 Å². The molecule has 0 aromatic heterocycles. The van der Waals surface area contributed by atoms with E-state index in [0.717, 1.165) is 6.42 Å². The largest absolute Gasteiger partial charge is 0.381 e. The molecule has 0 aliphatic heterocycles. The van der Waals surface area contributed by atoms with Crippen molar-refractivity contribution in [2.24, 2.45) is 11.8 Å². The van der Waals surface area contributed by atoms with E-state index in [4.69, 9.17) is 9.47 Å². The summed E-state index contributed by atoms with van der Waals surface area (Å²) >= 11 is 0. The number of fused-ring (bicyclic) bond motifs is 3. The summed E-state index contributed by atoms with van der Waals surface area (Å²) < 4.78 is 11.0. The molecule has 0 aromatic rings. The summed E-state index contributed by atoms with van der Waals surface area (Å²) in [5.41, 5.74) is 0. The first-order valence-corrected chi connectivity index (χ1v) is 5.09. The maximum absolute atomic E-state index is 5.50. The van der Waals surface area contributed by atoms with Crippen LogP contribution in [0.15, 0.2) is 12.2 Å². The van der Waals surface area contributed by atoms with Crippen LogP contribution in [0.1, 0.15) is 19.3 Å². The summed E-state index contributed by atoms with van der Waals surface area (Å²) in [5.74, 6) is 1.25. The molecule has 0 radical (unpaired) electrons. The lowest BCUT2D eigenvalue weighted by molar-refractivity contribution is 0.00703. The highest BCUT2D eigenvalue weighted by atomic mass is 16.5. The molecular formula is C11H18O2. The molecule has 3 aliphatic carbocycles. The second-order valence-corrected chi connectivity index (χ2v) is 4.07. The number of rotatable bonds is 2. The highest BCUT2D eigenvalue weighted by Gasteiger charge is 2.34. The highest BCUT2D eigenvalue weighted by molar-refractivity contribution is 5.07. The molecule has 2 bridgehead atoms. The Kier molecular flexibility index (Phi) is 2.70. The lowest BCUT2D eigenvalue weighted by Crippen LogP contribution is -2.25. The minimum atomic E-state index is 0.369. The topological polar surface area (TPSA) is 18.5 Å². The zero-order valence-electron chi connectivity index (χ0n) is 8.40. The summed E-state index contributed by atoms with van der Waals surface area (Å²) in [5, 5.41) is 0. The van der Waals surface area contributed by atoms with E-state index in [0.29, 0.717) is 24.0 Å². The molecule has 0 spiro atoms. The summed E-state index contributed by atoms with van der Waals surface area (Å²) in [7, 11) is 3.62. The van der Waals surface area contributed by atoms with Gasteiger partial charge in [0.1, 0.15) is 0 Å². The van der Waals surface area contributed by atoms with Crippen molar-refractivity contribution in [1.82, 2.24) is 0 Å². The Hall–Kier alpha value is -0.340. The Morgan fingerprint density at radius 3 is 1.69 bits per heavy atom. The Morgan fingerprint density at radius 2 is 1.38 bits per heavy atom. The van der Waals surface area contributed by atoms with Gasteiger partial charge in [0.15, 0.2) is 0 Å². The fraction of sp³-hybridized carbons (Fsp3) is 0.818. The van der Waals surface area contributed by atoms with Crippen LogP contribution < -0.4 is 0 Å². The van der Waals surface area contributed by atoms with Crippen LogP contribution in [0.4, 0.5) is 0 Å². The van der Waals surface area contributed by atoms with Gasteiger partial charge in [-0.05, 0) is 12.8 Å². The first-order chi connectivity index (χ1) is 6.35. The third-order valence-electron chi connectivity index (χ3n) is 3.46. The van der Waals surface area contributed by atoms with Gasteiger partial charge < -0.3 is 9.47 Å². The molecule has 0 amide bonds. The predicted molar refractivity (Wildman–Crippen MR) is 51.6 cm³/mol. The van der Waals surface area contributed by atoms with Crippen molar-refractivity contribution in [2.45, 2.75) is 31.5 Å². The van der Waals surface area contributed by atoms with Crippen LogP contribution in [0, 0.1) is 11.8 Å². The van der Waals surface area contributed by atoms with Gasteiger partial charge in [-0.3, -0.25) is 0 Å². The van der Waals surface area contributed by atoms with Crippen LogP contribution in [0.3, 0.4) is 0 Å². The molecular weight excluding hydrogens is 164 g/mol. The predicted octanol–water partition coefficient (Wildman–Crippen LogP) is 2.00. The van der Waals surface area contributed by atoms with E-state index in [1.807, 2.05) is 14.2 Å². The van der Waals surface area contributed by atoms with Crippen molar-refractivity contribution in [3.63, 3.8) is 0 Å². The minimum Gasteiger partial charge on any atom is -0.381 e. The number of ether oxygens (including phenoxy) is 2. The van der Waals surface area contributed by atoms with E-state index >= 15 is 0 Å². The zero-order chi connectivity index (χ0) is 9.26. The molecule has 3 rings (SSSR count). The second-order valence-electron chi connectivity index (χ2n) is 4.07. The maximum Gasteiger partial charge on any atom is 0.0658 e. The maximum atomic E-state index is 5.50. The minimum absolute atomic E-state index is 0.369. The lowest BCUT2D eigenvalue weighted by Gasteiger charge is -2.21. The molecule has 74 valence electrons. The molecule has 1 saturated carbocycles. The number of methoxy groups -OCH3 is 2. The Balaban J connectivity index is 2.15. The molecule has 3 aliphatic rings. The van der Waals surface area contributed by atoms with Crippen molar-refractivity contribution in [3.05, 3.63) is 12.2 Å². The van der Waals surface area contributed by atoms with Crippen molar-refractivity contribution < 1.29 is 9.47 Å². The highest BCUT2D eigenvalue weighted by Crippen LogP contribution is 2.36. The molecule has 0 aromatic carbocycles. The summed E-state index contributed by atoms with van der Waals surface area (Å²) in [4.78, 5) is 0. The molecule has 2 nitrogen and oxygen atoms in total. The monoisotopic (exact) mass is 182 g/mol. The van der Waals surface area contributed by atoms with Gasteiger partial charge in [-0.1, -0.05) is 12.2 Å². The van der Waals surface area contributed by atoms with Gasteiger partial charge in [0.05, 0.1) is 12.2 Å². The Bertz CT molecular complexity index is 180. The van der Waals surface area contributed by atoms with Crippen molar-refractivity contribution in [3.8, 4) is 0 Å². The van der Waals surface area contributed by atoms with Crippen LogP contribution in [0.25, 0.3) is 0 Å². The third kappa shape index (κ3) is 1.65. The van der Waals surface area contributed by atoms with E-state index in [-0.39, 0.29) is 0 Å². The van der Waals surface area contributed by atoms with E-state index in [2.05, 4.69) is 12.2 Å². The quantitative estimate of drug-likeness (QED) is 0.608. The van der Waals surface area contributed by atoms with Crippen LogP contribution in [-0.4, -0.2) is 26.4 Å². The fourth-order valence-corrected chi connectivity index (χ4v) is 2.60. The van der Waals surface area contributed by atoms with Gasteiger partial charge in [-0.15, -0.1) is 0 Å². The van der Waals surface area contributed by atoms with E-state index in [1.54, 1.807) is 0 Å².